The molecular weight excluding hydrogens is 464 g/mol. The lowest BCUT2D eigenvalue weighted by molar-refractivity contribution is 0.145. The van der Waals surface area contributed by atoms with Gasteiger partial charge < -0.3 is 15.4 Å². The van der Waals surface area contributed by atoms with Gasteiger partial charge in [0.2, 0.25) is 0 Å². The summed E-state index contributed by atoms with van der Waals surface area (Å²) in [5.74, 6) is 0.533. The third-order valence-corrected chi connectivity index (χ3v) is 3.48. The van der Waals surface area contributed by atoms with Crippen LogP contribution >= 0.6 is 39.9 Å². The Labute approximate surface area is 157 Å². The number of nitrogens with zero attached hydrogens (tertiary/aromatic N) is 1. The quantitative estimate of drug-likeness (QED) is 0.256. The second-order valence-corrected chi connectivity index (χ2v) is 5.33. The maximum atomic E-state index is 13.1. The standard InChI is InChI=1S/C15H23BrFN3O.HI/c1-3-21-10-4-8-19-15(18-2)20-9-7-12-5-6-14(17)13(16)11-12;/h5-6,11H,3-4,7-10H2,1-2H3,(H2,18,19,20);1H. The summed E-state index contributed by atoms with van der Waals surface area (Å²) in [5, 5.41) is 6.46. The monoisotopic (exact) mass is 487 g/mol. The highest BCUT2D eigenvalue weighted by molar-refractivity contribution is 14.0. The zero-order chi connectivity index (χ0) is 15.5. The molecule has 0 spiro atoms. The molecule has 0 atom stereocenters. The average Bonchev–Trinajstić information content (AvgIpc) is 2.48. The first-order valence-electron chi connectivity index (χ1n) is 7.13. The van der Waals surface area contributed by atoms with Crippen LogP contribution in [-0.4, -0.2) is 39.3 Å². The van der Waals surface area contributed by atoms with Crippen LogP contribution < -0.4 is 10.6 Å². The van der Waals surface area contributed by atoms with Gasteiger partial charge in [0.05, 0.1) is 4.47 Å². The Morgan fingerprint density at radius 2 is 2.05 bits per heavy atom. The highest BCUT2D eigenvalue weighted by Gasteiger charge is 2.01. The normalized spacial score (nSPS) is 11.0. The van der Waals surface area contributed by atoms with Crippen LogP contribution in [0.25, 0.3) is 0 Å². The Balaban J connectivity index is 0.00000441. The Bertz CT molecular complexity index is 460. The molecule has 126 valence electrons. The molecule has 0 heterocycles. The molecule has 0 saturated heterocycles. The van der Waals surface area contributed by atoms with Gasteiger partial charge in [-0.05, 0) is 53.4 Å². The molecule has 1 aromatic rings. The van der Waals surface area contributed by atoms with E-state index in [0.717, 1.165) is 50.7 Å². The molecule has 22 heavy (non-hydrogen) atoms. The molecule has 0 aliphatic heterocycles. The lowest BCUT2D eigenvalue weighted by atomic mass is 10.1. The number of rotatable bonds is 8. The molecule has 0 fully saturated rings. The van der Waals surface area contributed by atoms with E-state index in [2.05, 4.69) is 31.6 Å². The van der Waals surface area contributed by atoms with Gasteiger partial charge in [-0.1, -0.05) is 6.07 Å². The largest absolute Gasteiger partial charge is 0.382 e. The average molecular weight is 488 g/mol. The van der Waals surface area contributed by atoms with Gasteiger partial charge >= 0.3 is 0 Å². The lowest BCUT2D eigenvalue weighted by Crippen LogP contribution is -2.39. The van der Waals surface area contributed by atoms with Crippen molar-refractivity contribution >= 4 is 45.9 Å². The lowest BCUT2D eigenvalue weighted by Gasteiger charge is -2.12. The minimum absolute atomic E-state index is 0. The summed E-state index contributed by atoms with van der Waals surface area (Å²) in [6, 6.07) is 5.07. The number of ether oxygens (including phenoxy) is 1. The molecule has 0 bridgehead atoms. The van der Waals surface area contributed by atoms with Gasteiger partial charge in [0, 0.05) is 33.4 Å². The molecule has 0 aliphatic rings. The molecule has 0 saturated carbocycles. The smallest absolute Gasteiger partial charge is 0.190 e. The minimum Gasteiger partial charge on any atom is -0.382 e. The predicted molar refractivity (Wildman–Crippen MR) is 104 cm³/mol. The number of benzene rings is 1. The van der Waals surface area contributed by atoms with E-state index in [9.17, 15) is 4.39 Å². The van der Waals surface area contributed by atoms with E-state index in [0.29, 0.717) is 4.47 Å². The van der Waals surface area contributed by atoms with E-state index in [-0.39, 0.29) is 29.8 Å². The van der Waals surface area contributed by atoms with Crippen molar-refractivity contribution in [1.29, 1.82) is 0 Å². The van der Waals surface area contributed by atoms with Gasteiger partial charge in [0.15, 0.2) is 5.96 Å². The van der Waals surface area contributed by atoms with E-state index in [1.165, 1.54) is 6.07 Å². The highest BCUT2D eigenvalue weighted by Crippen LogP contribution is 2.16. The fourth-order valence-electron chi connectivity index (χ4n) is 1.77. The van der Waals surface area contributed by atoms with Crippen LogP contribution in [0.4, 0.5) is 4.39 Å². The molecule has 4 nitrogen and oxygen atoms in total. The van der Waals surface area contributed by atoms with Crippen LogP contribution in [0.15, 0.2) is 27.7 Å². The van der Waals surface area contributed by atoms with Crippen LogP contribution in [0.5, 0.6) is 0 Å². The number of guanidine groups is 1. The first kappa shape index (κ1) is 21.6. The maximum absolute atomic E-state index is 13.1. The van der Waals surface area contributed by atoms with Gasteiger partial charge in [-0.2, -0.15) is 0 Å². The van der Waals surface area contributed by atoms with Gasteiger partial charge in [-0.25, -0.2) is 4.39 Å². The van der Waals surface area contributed by atoms with Crippen LogP contribution in [0.1, 0.15) is 18.9 Å². The molecule has 0 amide bonds. The SMILES string of the molecule is CCOCCCNC(=NC)NCCc1ccc(F)c(Br)c1.I. The summed E-state index contributed by atoms with van der Waals surface area (Å²) >= 11 is 3.19. The summed E-state index contributed by atoms with van der Waals surface area (Å²) in [6.45, 7) is 5.05. The molecule has 0 radical (unpaired) electrons. The van der Waals surface area contributed by atoms with Crippen molar-refractivity contribution in [2.45, 2.75) is 19.8 Å². The number of aliphatic imine (C=N–C) groups is 1. The molecule has 7 heteroatoms. The minimum atomic E-state index is -0.238. The van der Waals surface area contributed by atoms with Gasteiger partial charge in [-0.15, -0.1) is 24.0 Å². The fourth-order valence-corrected chi connectivity index (χ4v) is 2.19. The van der Waals surface area contributed by atoms with Gasteiger partial charge in [0.1, 0.15) is 5.82 Å². The Morgan fingerprint density at radius 1 is 1.32 bits per heavy atom. The molecule has 1 aromatic carbocycles. The third-order valence-electron chi connectivity index (χ3n) is 2.88. The predicted octanol–water partition coefficient (Wildman–Crippen LogP) is 3.34. The Morgan fingerprint density at radius 3 is 2.68 bits per heavy atom. The molecule has 2 N–H and O–H groups in total. The molecular formula is C15H24BrFIN3O. The number of hydrogen-bond donors (Lipinski definition) is 2. The van der Waals surface area contributed by atoms with Gasteiger partial charge in [0.25, 0.3) is 0 Å². The van der Waals surface area contributed by atoms with Crippen molar-refractivity contribution in [1.82, 2.24) is 10.6 Å². The molecule has 0 unspecified atom stereocenters. The fraction of sp³-hybridized carbons (Fsp3) is 0.533. The van der Waals surface area contributed by atoms with Crippen LogP contribution in [-0.2, 0) is 11.2 Å². The van der Waals surface area contributed by atoms with Crippen molar-refractivity contribution in [3.8, 4) is 0 Å². The van der Waals surface area contributed by atoms with Crippen molar-refractivity contribution in [3.05, 3.63) is 34.1 Å². The summed E-state index contributed by atoms with van der Waals surface area (Å²) in [5.41, 5.74) is 1.07. The van der Waals surface area contributed by atoms with E-state index < -0.39 is 0 Å². The second kappa shape index (κ2) is 13.1. The van der Waals surface area contributed by atoms with Gasteiger partial charge in [-0.3, -0.25) is 4.99 Å². The number of hydrogen-bond acceptors (Lipinski definition) is 2. The van der Waals surface area contributed by atoms with Crippen LogP contribution in [0.3, 0.4) is 0 Å². The molecule has 1 rings (SSSR count). The Kier molecular flexibility index (Phi) is 12.8. The number of halogens is 3. The number of nitrogens with one attached hydrogen (secondary N) is 2. The van der Waals surface area contributed by atoms with Crippen molar-refractivity contribution < 1.29 is 9.13 Å². The van der Waals surface area contributed by atoms with E-state index in [1.54, 1.807) is 19.2 Å². The topological polar surface area (TPSA) is 45.6 Å². The Hall–Kier alpha value is -0.410. The van der Waals surface area contributed by atoms with Crippen molar-refractivity contribution in [3.63, 3.8) is 0 Å². The van der Waals surface area contributed by atoms with E-state index >= 15 is 0 Å². The first-order chi connectivity index (χ1) is 10.2. The second-order valence-electron chi connectivity index (χ2n) is 4.47. The highest BCUT2D eigenvalue weighted by atomic mass is 127. The van der Waals surface area contributed by atoms with Crippen molar-refractivity contribution in [2.24, 2.45) is 4.99 Å². The summed E-state index contributed by atoms with van der Waals surface area (Å²) in [7, 11) is 1.74. The zero-order valence-corrected chi connectivity index (χ0v) is 16.9. The third kappa shape index (κ3) is 8.89. The van der Waals surface area contributed by atoms with E-state index in [4.69, 9.17) is 4.74 Å². The zero-order valence-electron chi connectivity index (χ0n) is 13.0. The first-order valence-corrected chi connectivity index (χ1v) is 7.92. The van der Waals surface area contributed by atoms with E-state index in [1.807, 2.05) is 6.92 Å². The summed E-state index contributed by atoms with van der Waals surface area (Å²) in [6.07, 6.45) is 1.75. The van der Waals surface area contributed by atoms with Crippen LogP contribution in [0.2, 0.25) is 0 Å². The molecule has 0 aliphatic carbocycles. The summed E-state index contributed by atoms with van der Waals surface area (Å²) in [4.78, 5) is 4.15. The van der Waals surface area contributed by atoms with Crippen molar-refractivity contribution in [2.75, 3.05) is 33.4 Å². The maximum Gasteiger partial charge on any atom is 0.190 e. The molecule has 0 aromatic heterocycles. The van der Waals surface area contributed by atoms with Crippen LogP contribution in [0, 0.1) is 5.82 Å². The summed E-state index contributed by atoms with van der Waals surface area (Å²) < 4.78 is 18.9.